The molecule has 6 nitrogen and oxygen atoms in total. The van der Waals surface area contributed by atoms with Gasteiger partial charge in [0.1, 0.15) is 11.0 Å². The summed E-state index contributed by atoms with van der Waals surface area (Å²) in [5.74, 6) is 0.0957. The molecule has 0 spiro atoms. The second kappa shape index (κ2) is 9.29. The van der Waals surface area contributed by atoms with Crippen molar-refractivity contribution in [2.45, 2.75) is 33.6 Å². The fraction of sp³-hybridized carbons (Fsp3) is 0.200. The van der Waals surface area contributed by atoms with Gasteiger partial charge in [-0.25, -0.2) is 0 Å². The summed E-state index contributed by atoms with van der Waals surface area (Å²) in [6.45, 7) is 8.18. The van der Waals surface area contributed by atoms with Crippen LogP contribution in [0.2, 0.25) is 5.02 Å². The Morgan fingerprint density at radius 2 is 1.67 bits per heavy atom. The maximum absolute atomic E-state index is 12.6. The molecule has 0 aliphatic heterocycles. The SMILES string of the molecule is Cc1ccc(C(=O)NC(=S)Nc2cc3nn(-c4ccc(C(C)C)cc4)nc3cc2C)c(Cl)c1. The van der Waals surface area contributed by atoms with Gasteiger partial charge in [-0.1, -0.05) is 43.6 Å². The molecule has 0 unspecified atom stereocenters. The molecule has 0 radical (unpaired) electrons. The fourth-order valence-electron chi connectivity index (χ4n) is 3.44. The third-order valence-electron chi connectivity index (χ3n) is 5.36. The highest BCUT2D eigenvalue weighted by Crippen LogP contribution is 2.23. The fourth-order valence-corrected chi connectivity index (χ4v) is 3.96. The van der Waals surface area contributed by atoms with Gasteiger partial charge in [0.05, 0.1) is 16.3 Å². The molecule has 2 N–H and O–H groups in total. The van der Waals surface area contributed by atoms with E-state index in [9.17, 15) is 4.79 Å². The first kappa shape index (κ1) is 22.9. The Labute approximate surface area is 203 Å². The van der Waals surface area contributed by atoms with Gasteiger partial charge in [0, 0.05) is 5.69 Å². The zero-order valence-electron chi connectivity index (χ0n) is 18.8. The number of fused-ring (bicyclic) bond motifs is 1. The van der Waals surface area contributed by atoms with E-state index in [0.717, 1.165) is 28.0 Å². The lowest BCUT2D eigenvalue weighted by atomic mass is 10.0. The van der Waals surface area contributed by atoms with E-state index in [0.29, 0.717) is 22.0 Å². The second-order valence-corrected chi connectivity index (χ2v) is 9.10. The van der Waals surface area contributed by atoms with Crippen LogP contribution in [-0.4, -0.2) is 26.0 Å². The number of rotatable bonds is 4. The Morgan fingerprint density at radius 1 is 1.00 bits per heavy atom. The monoisotopic (exact) mass is 477 g/mol. The van der Waals surface area contributed by atoms with Gasteiger partial charge in [-0.3, -0.25) is 10.1 Å². The molecule has 1 amide bonds. The van der Waals surface area contributed by atoms with Crippen LogP contribution in [0.3, 0.4) is 0 Å². The van der Waals surface area contributed by atoms with Crippen LogP contribution in [0.1, 0.15) is 46.8 Å². The minimum absolute atomic E-state index is 0.177. The number of carbonyl (C=O) groups excluding carboxylic acids is 1. The maximum atomic E-state index is 12.6. The lowest BCUT2D eigenvalue weighted by molar-refractivity contribution is 0.0978. The van der Waals surface area contributed by atoms with Crippen LogP contribution in [0.15, 0.2) is 54.6 Å². The van der Waals surface area contributed by atoms with E-state index in [2.05, 4.69) is 46.8 Å². The lowest BCUT2D eigenvalue weighted by Gasteiger charge is -2.12. The summed E-state index contributed by atoms with van der Waals surface area (Å²) < 4.78 is 0. The Bertz CT molecular complexity index is 1360. The van der Waals surface area contributed by atoms with Crippen LogP contribution in [-0.2, 0) is 0 Å². The highest BCUT2D eigenvalue weighted by molar-refractivity contribution is 7.80. The molecule has 0 saturated carbocycles. The molecule has 0 aliphatic rings. The normalized spacial score (nSPS) is 11.1. The van der Waals surface area contributed by atoms with Crippen LogP contribution in [0.25, 0.3) is 16.7 Å². The zero-order chi connectivity index (χ0) is 23.7. The first-order chi connectivity index (χ1) is 15.7. The lowest BCUT2D eigenvalue weighted by Crippen LogP contribution is -2.34. The molecule has 0 saturated heterocycles. The minimum Gasteiger partial charge on any atom is -0.332 e. The predicted molar refractivity (Wildman–Crippen MR) is 138 cm³/mol. The van der Waals surface area contributed by atoms with Crippen molar-refractivity contribution < 1.29 is 4.79 Å². The van der Waals surface area contributed by atoms with Crippen LogP contribution in [0.5, 0.6) is 0 Å². The number of benzene rings is 3. The molecule has 0 bridgehead atoms. The van der Waals surface area contributed by atoms with Crippen LogP contribution in [0.4, 0.5) is 5.69 Å². The molecule has 4 rings (SSSR count). The van der Waals surface area contributed by atoms with E-state index in [1.54, 1.807) is 16.9 Å². The average molecular weight is 478 g/mol. The number of halogens is 1. The van der Waals surface area contributed by atoms with Crippen molar-refractivity contribution >= 4 is 51.6 Å². The first-order valence-corrected chi connectivity index (χ1v) is 11.4. The zero-order valence-corrected chi connectivity index (χ0v) is 20.4. The number of anilines is 1. The third kappa shape index (κ3) is 5.05. The summed E-state index contributed by atoms with van der Waals surface area (Å²) in [4.78, 5) is 14.2. The van der Waals surface area contributed by atoms with Crippen molar-refractivity contribution in [1.82, 2.24) is 20.3 Å². The van der Waals surface area contributed by atoms with Gasteiger partial charge >= 0.3 is 0 Å². The molecule has 0 aliphatic carbocycles. The molecule has 1 heterocycles. The van der Waals surface area contributed by atoms with Crippen molar-refractivity contribution in [3.05, 3.63) is 81.9 Å². The largest absolute Gasteiger partial charge is 0.332 e. The van der Waals surface area contributed by atoms with E-state index < -0.39 is 0 Å². The molecule has 0 fully saturated rings. The number of aromatic nitrogens is 3. The molecular formula is C25H24ClN5OS. The van der Waals surface area contributed by atoms with Crippen molar-refractivity contribution in [2.24, 2.45) is 0 Å². The predicted octanol–water partition coefficient (Wildman–Crippen LogP) is 5.94. The van der Waals surface area contributed by atoms with Gasteiger partial charge in [0.2, 0.25) is 0 Å². The summed E-state index contributed by atoms with van der Waals surface area (Å²) in [7, 11) is 0. The Hall–Kier alpha value is -3.29. The van der Waals surface area contributed by atoms with Crippen molar-refractivity contribution in [3.63, 3.8) is 0 Å². The number of nitrogens with one attached hydrogen (secondary N) is 2. The van der Waals surface area contributed by atoms with Crippen molar-refractivity contribution in [3.8, 4) is 5.69 Å². The van der Waals surface area contributed by atoms with E-state index in [1.807, 2.05) is 44.2 Å². The van der Waals surface area contributed by atoms with E-state index in [1.165, 1.54) is 5.56 Å². The van der Waals surface area contributed by atoms with E-state index in [-0.39, 0.29) is 11.0 Å². The quantitative estimate of drug-likeness (QED) is 0.356. The number of hydrogen-bond donors (Lipinski definition) is 2. The Kier molecular flexibility index (Phi) is 6.44. The molecule has 4 aromatic rings. The molecular weight excluding hydrogens is 454 g/mol. The van der Waals surface area contributed by atoms with Crippen LogP contribution in [0, 0.1) is 13.8 Å². The number of hydrogen-bond acceptors (Lipinski definition) is 4. The first-order valence-electron chi connectivity index (χ1n) is 10.6. The molecule has 33 heavy (non-hydrogen) atoms. The van der Waals surface area contributed by atoms with Crippen LogP contribution < -0.4 is 10.6 Å². The highest BCUT2D eigenvalue weighted by atomic mass is 35.5. The Morgan fingerprint density at radius 3 is 2.30 bits per heavy atom. The summed E-state index contributed by atoms with van der Waals surface area (Å²) >= 11 is 11.5. The van der Waals surface area contributed by atoms with Crippen molar-refractivity contribution in [1.29, 1.82) is 0 Å². The van der Waals surface area contributed by atoms with Gasteiger partial charge in [0.25, 0.3) is 5.91 Å². The molecule has 3 aromatic carbocycles. The van der Waals surface area contributed by atoms with Gasteiger partial charge in [-0.15, -0.1) is 10.2 Å². The number of aryl methyl sites for hydroxylation is 2. The number of amides is 1. The molecule has 168 valence electrons. The number of carbonyl (C=O) groups is 1. The van der Waals surface area contributed by atoms with Gasteiger partial charge in [-0.2, -0.15) is 4.80 Å². The van der Waals surface area contributed by atoms with Gasteiger partial charge < -0.3 is 5.32 Å². The standard InChI is InChI=1S/C25H24ClN5OS/c1-14(2)17-6-8-18(9-7-17)31-29-22-12-16(4)21(13-23(22)30-31)27-25(33)28-24(32)19-10-5-15(3)11-20(19)26/h5-14H,1-4H3,(H2,27,28,32,33). The summed E-state index contributed by atoms with van der Waals surface area (Å²) in [6.07, 6.45) is 0. The van der Waals surface area contributed by atoms with Crippen LogP contribution >= 0.6 is 23.8 Å². The van der Waals surface area contributed by atoms with Crippen molar-refractivity contribution in [2.75, 3.05) is 5.32 Å². The van der Waals surface area contributed by atoms with Gasteiger partial charge in [-0.05, 0) is 85.1 Å². The highest BCUT2D eigenvalue weighted by Gasteiger charge is 2.14. The van der Waals surface area contributed by atoms with Gasteiger partial charge in [0.15, 0.2) is 5.11 Å². The Balaban J connectivity index is 1.52. The summed E-state index contributed by atoms with van der Waals surface area (Å²) in [6, 6.07) is 17.3. The number of thiocarbonyl (C=S) groups is 1. The summed E-state index contributed by atoms with van der Waals surface area (Å²) in [5, 5.41) is 15.5. The second-order valence-electron chi connectivity index (χ2n) is 8.28. The smallest absolute Gasteiger partial charge is 0.258 e. The van der Waals surface area contributed by atoms with E-state index in [4.69, 9.17) is 23.8 Å². The minimum atomic E-state index is -0.368. The third-order valence-corrected chi connectivity index (χ3v) is 5.88. The maximum Gasteiger partial charge on any atom is 0.258 e. The molecule has 1 aromatic heterocycles. The van der Waals surface area contributed by atoms with E-state index >= 15 is 0 Å². The molecule has 8 heteroatoms. The average Bonchev–Trinajstić information content (AvgIpc) is 3.16. The number of nitrogens with zero attached hydrogens (tertiary/aromatic N) is 3. The molecule has 0 atom stereocenters. The topological polar surface area (TPSA) is 71.8 Å². The summed E-state index contributed by atoms with van der Waals surface area (Å²) in [5.41, 5.74) is 6.65.